The predicted octanol–water partition coefficient (Wildman–Crippen LogP) is 3.30. The summed E-state index contributed by atoms with van der Waals surface area (Å²) in [6.45, 7) is 3.53. The SMILES string of the molecule is COc1cnc(-c2cc(-c3ccc(F)c([C@]4(C)C[S@@]5=NCCCCN5C(N)=N4)c3)on2)cn1. The van der Waals surface area contributed by atoms with E-state index in [1.807, 2.05) is 6.92 Å². The quantitative estimate of drug-likeness (QED) is 0.623. The highest BCUT2D eigenvalue weighted by Gasteiger charge is 2.38. The van der Waals surface area contributed by atoms with Gasteiger partial charge in [0.1, 0.15) is 22.7 Å². The summed E-state index contributed by atoms with van der Waals surface area (Å²) in [6.07, 6.45) is 5.12. The summed E-state index contributed by atoms with van der Waals surface area (Å²) in [4.78, 5) is 13.2. The predicted molar refractivity (Wildman–Crippen MR) is 124 cm³/mol. The molecule has 0 saturated heterocycles. The first-order valence-electron chi connectivity index (χ1n) is 10.6. The second-order valence-corrected chi connectivity index (χ2v) is 9.77. The molecule has 2 aromatic heterocycles. The van der Waals surface area contributed by atoms with Crippen LogP contribution in [0.2, 0.25) is 0 Å². The Labute approximate surface area is 193 Å². The maximum atomic E-state index is 15.1. The third kappa shape index (κ3) is 4.08. The molecule has 0 amide bonds. The third-order valence-electron chi connectivity index (χ3n) is 5.73. The summed E-state index contributed by atoms with van der Waals surface area (Å²) in [7, 11) is 1.10. The van der Waals surface area contributed by atoms with Gasteiger partial charge in [0.2, 0.25) is 11.8 Å². The Morgan fingerprint density at radius 1 is 1.18 bits per heavy atom. The summed E-state index contributed by atoms with van der Waals surface area (Å²) in [5, 5.41) is 4.10. The first-order valence-corrected chi connectivity index (χ1v) is 11.9. The van der Waals surface area contributed by atoms with E-state index in [4.69, 9.17) is 24.3 Å². The number of nitrogens with zero attached hydrogens (tertiary/aromatic N) is 6. The number of rotatable bonds is 4. The van der Waals surface area contributed by atoms with Crippen LogP contribution in [0.1, 0.15) is 25.3 Å². The van der Waals surface area contributed by atoms with E-state index in [1.54, 1.807) is 24.4 Å². The fraction of sp³-hybridized carbons (Fsp3) is 0.364. The summed E-state index contributed by atoms with van der Waals surface area (Å²) in [5.74, 6) is 1.55. The minimum absolute atomic E-state index is 0.342. The molecule has 1 aromatic carbocycles. The lowest BCUT2D eigenvalue weighted by Gasteiger charge is -2.38. The Kier molecular flexibility index (Phi) is 5.57. The van der Waals surface area contributed by atoms with Crippen LogP contribution in [-0.2, 0) is 16.4 Å². The van der Waals surface area contributed by atoms with Gasteiger partial charge in [0.25, 0.3) is 0 Å². The van der Waals surface area contributed by atoms with Crippen LogP contribution in [0.4, 0.5) is 4.39 Å². The summed E-state index contributed by atoms with van der Waals surface area (Å²) in [5.41, 5.74) is 7.68. The maximum Gasteiger partial charge on any atom is 0.232 e. The largest absolute Gasteiger partial charge is 0.480 e. The highest BCUT2D eigenvalue weighted by atomic mass is 32.2. The Morgan fingerprint density at radius 3 is 2.85 bits per heavy atom. The lowest BCUT2D eigenvalue weighted by molar-refractivity contribution is 0.395. The normalized spacial score (nSPS) is 22.7. The molecule has 0 radical (unpaired) electrons. The standard InChI is InChI=1S/C22H24FN7O2S/c1-22(13-33-27-7-3-4-8-30(33)21(24)28-22)15-9-14(5-6-16(15)23)19-10-17(29-32-19)18-11-26-20(31-2)12-25-18/h5-6,9-12H,3-4,7-8,13H2,1-2H3,(H2,24,28)/t22-,33+/m0/s1. The molecule has 0 aliphatic carbocycles. The van der Waals surface area contributed by atoms with Crippen LogP contribution in [0.5, 0.6) is 5.88 Å². The van der Waals surface area contributed by atoms with Crippen molar-refractivity contribution in [2.45, 2.75) is 25.3 Å². The van der Waals surface area contributed by atoms with Gasteiger partial charge in [-0.1, -0.05) is 5.16 Å². The average Bonchev–Trinajstić information content (AvgIpc) is 3.19. The maximum absolute atomic E-state index is 15.1. The monoisotopic (exact) mass is 469 g/mol. The molecule has 4 heterocycles. The molecule has 2 aliphatic rings. The molecular weight excluding hydrogens is 445 g/mol. The second-order valence-electron chi connectivity index (χ2n) is 8.10. The van der Waals surface area contributed by atoms with Crippen LogP contribution in [0.25, 0.3) is 22.7 Å². The summed E-state index contributed by atoms with van der Waals surface area (Å²) in [6, 6.07) is 6.59. The first kappa shape index (κ1) is 21.5. The first-order chi connectivity index (χ1) is 16.0. The molecule has 33 heavy (non-hydrogen) atoms. The Bertz CT molecular complexity index is 1240. The van der Waals surface area contributed by atoms with Crippen molar-refractivity contribution < 1.29 is 13.7 Å². The smallest absolute Gasteiger partial charge is 0.232 e. The fourth-order valence-corrected chi connectivity index (χ4v) is 6.01. The molecule has 3 aromatic rings. The van der Waals surface area contributed by atoms with E-state index in [0.717, 1.165) is 25.9 Å². The number of aliphatic imine (C=N–C) groups is 1. The van der Waals surface area contributed by atoms with Gasteiger partial charge in [-0.3, -0.25) is 4.31 Å². The van der Waals surface area contributed by atoms with Gasteiger partial charge in [0, 0.05) is 30.3 Å². The molecular formula is C22H24FN7O2S. The number of methoxy groups -OCH3 is 1. The van der Waals surface area contributed by atoms with E-state index >= 15 is 4.39 Å². The number of fused-ring (bicyclic) bond motifs is 1. The number of nitrogens with two attached hydrogens (primary N) is 1. The average molecular weight is 470 g/mol. The van der Waals surface area contributed by atoms with Crippen LogP contribution >= 0.6 is 0 Å². The molecule has 2 N–H and O–H groups in total. The number of aromatic nitrogens is 3. The number of hydrogen-bond acceptors (Lipinski definition) is 9. The van der Waals surface area contributed by atoms with Crippen molar-refractivity contribution in [2.24, 2.45) is 15.1 Å². The molecule has 0 fully saturated rings. The molecule has 0 saturated carbocycles. The van der Waals surface area contributed by atoms with Crippen LogP contribution in [0.3, 0.4) is 0 Å². The third-order valence-corrected chi connectivity index (χ3v) is 7.91. The van der Waals surface area contributed by atoms with E-state index in [9.17, 15) is 0 Å². The van der Waals surface area contributed by atoms with E-state index in [-0.39, 0.29) is 5.82 Å². The van der Waals surface area contributed by atoms with Gasteiger partial charge in [-0.2, -0.15) is 0 Å². The number of hydrogen-bond donors (Lipinski definition) is 1. The van der Waals surface area contributed by atoms with Gasteiger partial charge in [-0.15, -0.1) is 0 Å². The van der Waals surface area contributed by atoms with Crippen molar-refractivity contribution in [3.05, 3.63) is 48.0 Å². The number of halogens is 1. The van der Waals surface area contributed by atoms with Gasteiger partial charge in [-0.05, 0) is 48.8 Å². The summed E-state index contributed by atoms with van der Waals surface area (Å²) >= 11 is 0. The molecule has 0 unspecified atom stereocenters. The molecule has 0 bridgehead atoms. The van der Waals surface area contributed by atoms with Gasteiger partial charge >= 0.3 is 0 Å². The fourth-order valence-electron chi connectivity index (χ4n) is 3.97. The highest BCUT2D eigenvalue weighted by Crippen LogP contribution is 2.36. The van der Waals surface area contributed by atoms with Crippen LogP contribution < -0.4 is 10.5 Å². The molecule has 11 heteroatoms. The minimum Gasteiger partial charge on any atom is -0.480 e. The number of ether oxygens (including phenoxy) is 1. The number of benzene rings is 1. The molecule has 2 aliphatic heterocycles. The van der Waals surface area contributed by atoms with Crippen LogP contribution in [0, 0.1) is 5.82 Å². The molecule has 172 valence electrons. The van der Waals surface area contributed by atoms with E-state index < -0.39 is 16.4 Å². The Balaban J connectivity index is 1.49. The summed E-state index contributed by atoms with van der Waals surface area (Å²) < 4.78 is 32.5. The van der Waals surface area contributed by atoms with Gasteiger partial charge in [0.15, 0.2) is 5.76 Å². The number of guanidine groups is 1. The topological polar surface area (TPSA) is 115 Å². The van der Waals surface area contributed by atoms with E-state index in [1.165, 1.54) is 19.4 Å². The molecule has 9 nitrogen and oxygen atoms in total. The second kappa shape index (κ2) is 8.54. The molecule has 5 rings (SSSR count). The Hall–Kier alpha value is -3.34. The molecule has 0 spiro atoms. The zero-order valence-electron chi connectivity index (χ0n) is 18.4. The van der Waals surface area contributed by atoms with Gasteiger partial charge in [-0.25, -0.2) is 23.7 Å². The lowest BCUT2D eigenvalue weighted by atomic mass is 9.92. The van der Waals surface area contributed by atoms with Gasteiger partial charge < -0.3 is 15.0 Å². The highest BCUT2D eigenvalue weighted by molar-refractivity contribution is 7.85. The zero-order valence-corrected chi connectivity index (χ0v) is 19.2. The van der Waals surface area contributed by atoms with E-state index in [2.05, 4.69) is 19.4 Å². The molecule has 2 atom stereocenters. The van der Waals surface area contributed by atoms with Crippen molar-refractivity contribution in [2.75, 3.05) is 26.0 Å². The van der Waals surface area contributed by atoms with Crippen molar-refractivity contribution in [1.82, 2.24) is 19.4 Å². The van der Waals surface area contributed by atoms with Crippen molar-refractivity contribution in [3.63, 3.8) is 0 Å². The van der Waals surface area contributed by atoms with Crippen LogP contribution in [0.15, 0.2) is 50.5 Å². The van der Waals surface area contributed by atoms with Gasteiger partial charge in [0.05, 0.1) is 25.3 Å². The minimum atomic E-state index is -0.831. The van der Waals surface area contributed by atoms with Crippen molar-refractivity contribution in [3.8, 4) is 28.6 Å². The Morgan fingerprint density at radius 2 is 2.06 bits per heavy atom. The van der Waals surface area contributed by atoms with Crippen molar-refractivity contribution >= 4 is 16.8 Å². The van der Waals surface area contributed by atoms with E-state index in [0.29, 0.717) is 45.9 Å². The van der Waals surface area contributed by atoms with Crippen molar-refractivity contribution in [1.29, 1.82) is 0 Å². The van der Waals surface area contributed by atoms with Crippen LogP contribution in [-0.4, -0.2) is 51.3 Å². The lowest BCUT2D eigenvalue weighted by Crippen LogP contribution is -2.49. The zero-order chi connectivity index (χ0) is 23.0.